The molecule has 0 fully saturated rings. The largest absolute Gasteiger partial charge is 0.298 e. The fraction of sp³-hybridized carbons (Fsp3) is 0.765. The van der Waals surface area contributed by atoms with Crippen LogP contribution in [0.3, 0.4) is 0 Å². The Balaban J connectivity index is 2.62. The zero-order chi connectivity index (χ0) is 15.5. The smallest absolute Gasteiger partial charge is 0.0654 e. The molecule has 20 heavy (non-hydrogen) atoms. The summed E-state index contributed by atoms with van der Waals surface area (Å²) >= 11 is 0. The molecular weight excluding hydrogens is 274 g/mol. The minimum absolute atomic E-state index is 0.505. The normalized spacial score (nSPS) is 16.6. The van der Waals surface area contributed by atoms with E-state index in [0.717, 1.165) is 0 Å². The van der Waals surface area contributed by atoms with Crippen molar-refractivity contribution in [1.82, 2.24) is 4.90 Å². The van der Waals surface area contributed by atoms with Crippen molar-refractivity contribution in [2.75, 3.05) is 6.54 Å². The molecule has 0 radical (unpaired) electrons. The Morgan fingerprint density at radius 1 is 1.15 bits per heavy atom. The highest BCUT2D eigenvalue weighted by atomic mass is 29.2. The van der Waals surface area contributed by atoms with E-state index in [1.54, 1.807) is 5.57 Å². The van der Waals surface area contributed by atoms with Crippen LogP contribution in [0.15, 0.2) is 22.9 Å². The zero-order valence-electron chi connectivity index (χ0n) is 15.0. The molecule has 0 aromatic rings. The highest BCUT2D eigenvalue weighted by Gasteiger charge is 2.31. The Morgan fingerprint density at radius 2 is 1.70 bits per heavy atom. The lowest BCUT2D eigenvalue weighted by Gasteiger charge is -2.30. The van der Waals surface area contributed by atoms with Crippen LogP contribution in [-0.4, -0.2) is 39.4 Å². The van der Waals surface area contributed by atoms with Gasteiger partial charge in [-0.25, -0.2) is 0 Å². The van der Waals surface area contributed by atoms with Crippen LogP contribution in [0, 0.1) is 0 Å². The summed E-state index contributed by atoms with van der Waals surface area (Å²) in [6.45, 7) is 20.7. The molecule has 0 aromatic heterocycles. The Hall–Kier alpha value is -0.126. The molecule has 3 heteroatoms. The average molecular weight is 310 g/mol. The van der Waals surface area contributed by atoms with Crippen molar-refractivity contribution in [2.45, 2.75) is 78.8 Å². The second-order valence-electron chi connectivity index (χ2n) is 7.70. The van der Waals surface area contributed by atoms with E-state index in [1.165, 1.54) is 19.4 Å². The number of nitrogens with zero attached hydrogens (tertiary/aromatic N) is 1. The van der Waals surface area contributed by atoms with Crippen LogP contribution < -0.4 is 0 Å². The molecule has 1 aliphatic rings. The van der Waals surface area contributed by atoms with Crippen LogP contribution in [0.25, 0.3) is 0 Å². The topological polar surface area (TPSA) is 3.24 Å². The van der Waals surface area contributed by atoms with Gasteiger partial charge in [0, 0.05) is 26.9 Å². The van der Waals surface area contributed by atoms with E-state index in [-0.39, 0.29) is 0 Å². The number of rotatable bonds is 7. The highest BCUT2D eigenvalue weighted by molar-refractivity contribution is 7.34. The molecule has 0 heterocycles. The average Bonchev–Trinajstić information content (AvgIpc) is 2.77. The van der Waals surface area contributed by atoms with Gasteiger partial charge < -0.3 is 0 Å². The van der Waals surface area contributed by atoms with E-state index in [1.807, 2.05) is 5.20 Å². The predicted molar refractivity (Wildman–Crippen MR) is 98.7 cm³/mol. The molecule has 0 aromatic carbocycles. The first-order valence-electron chi connectivity index (χ1n) is 8.32. The Bertz CT molecular complexity index is 370. The van der Waals surface area contributed by atoms with Crippen LogP contribution in [0.2, 0.25) is 26.2 Å². The second kappa shape index (κ2) is 7.23. The molecule has 0 bridgehead atoms. The molecule has 0 amide bonds. The molecule has 0 saturated heterocycles. The lowest BCUT2D eigenvalue weighted by Crippen LogP contribution is -2.43. The van der Waals surface area contributed by atoms with Crippen molar-refractivity contribution >= 4 is 15.9 Å². The molecule has 1 rings (SSSR count). The predicted octanol–water partition coefficient (Wildman–Crippen LogP) is 4.56. The molecule has 1 aliphatic carbocycles. The van der Waals surface area contributed by atoms with E-state index in [4.69, 9.17) is 0 Å². The maximum absolute atomic E-state index is 2.60. The van der Waals surface area contributed by atoms with E-state index in [9.17, 15) is 0 Å². The van der Waals surface area contributed by atoms with Crippen molar-refractivity contribution in [3.8, 4) is 0 Å². The van der Waals surface area contributed by atoms with Crippen LogP contribution in [0.4, 0.5) is 0 Å². The van der Waals surface area contributed by atoms with Gasteiger partial charge in [0.15, 0.2) is 0 Å². The molecule has 0 unspecified atom stereocenters. The maximum atomic E-state index is 2.60. The van der Waals surface area contributed by atoms with E-state index >= 15 is 0 Å². The lowest BCUT2D eigenvalue weighted by atomic mass is 10.1. The third kappa shape index (κ3) is 4.44. The number of hydrogen-bond donors (Lipinski definition) is 0. The molecule has 1 nitrogen and oxygen atoms in total. The fourth-order valence-corrected chi connectivity index (χ4v) is 7.70. The van der Waals surface area contributed by atoms with E-state index in [0.29, 0.717) is 12.1 Å². The number of hydrogen-bond acceptors (Lipinski definition) is 1. The highest BCUT2D eigenvalue weighted by Crippen LogP contribution is 2.29. The molecule has 116 valence electrons. The van der Waals surface area contributed by atoms with Crippen molar-refractivity contribution in [2.24, 2.45) is 0 Å². The van der Waals surface area contributed by atoms with Crippen LogP contribution in [-0.2, 0) is 0 Å². The molecule has 0 N–H and O–H groups in total. The zero-order valence-corrected chi connectivity index (χ0v) is 17.1. The van der Waals surface area contributed by atoms with Crippen LogP contribution >= 0.6 is 0 Å². The van der Waals surface area contributed by atoms with E-state index in [2.05, 4.69) is 70.9 Å². The summed E-state index contributed by atoms with van der Waals surface area (Å²) in [5.74, 6) is 0. The first kappa shape index (κ1) is 17.9. The Labute approximate surface area is 129 Å². The Morgan fingerprint density at radius 3 is 2.15 bits per heavy atom. The van der Waals surface area contributed by atoms with Crippen molar-refractivity contribution < 1.29 is 0 Å². The van der Waals surface area contributed by atoms with Gasteiger partial charge in [0.25, 0.3) is 0 Å². The fourth-order valence-electron chi connectivity index (χ4n) is 2.95. The number of allylic oxidation sites excluding steroid dienone is 3. The van der Waals surface area contributed by atoms with Crippen LogP contribution in [0.5, 0.6) is 0 Å². The SMILES string of the molecule is CC(C)N(CCC1=CCC([Si](C)(C)[SiH](C)C)=C1)C(C)C. The first-order chi connectivity index (χ1) is 9.16. The van der Waals surface area contributed by atoms with Crippen molar-refractivity contribution in [1.29, 1.82) is 0 Å². The maximum Gasteiger partial charge on any atom is 0.0654 e. The summed E-state index contributed by atoms with van der Waals surface area (Å²) in [6.07, 6.45) is 7.55. The molecular formula is C17H35NSi2. The summed E-state index contributed by atoms with van der Waals surface area (Å²) in [5, 5.41) is 1.81. The lowest BCUT2D eigenvalue weighted by molar-refractivity contribution is 0.178. The summed E-state index contributed by atoms with van der Waals surface area (Å²) in [6, 6.07) is 1.30. The van der Waals surface area contributed by atoms with Gasteiger partial charge in [0.05, 0.1) is 7.59 Å². The third-order valence-electron chi connectivity index (χ3n) is 5.20. The summed E-state index contributed by atoms with van der Waals surface area (Å²) < 4.78 is 0. The van der Waals surface area contributed by atoms with Gasteiger partial charge in [0.1, 0.15) is 0 Å². The quantitative estimate of drug-likeness (QED) is 0.623. The van der Waals surface area contributed by atoms with Gasteiger partial charge in [-0.1, -0.05) is 49.1 Å². The van der Waals surface area contributed by atoms with Crippen molar-refractivity contribution in [3.05, 3.63) is 22.9 Å². The molecule has 0 aliphatic heterocycles. The minimum atomic E-state index is -1.05. The minimum Gasteiger partial charge on any atom is -0.298 e. The van der Waals surface area contributed by atoms with Gasteiger partial charge >= 0.3 is 0 Å². The van der Waals surface area contributed by atoms with Crippen molar-refractivity contribution in [3.63, 3.8) is 0 Å². The monoisotopic (exact) mass is 309 g/mol. The molecule has 0 spiro atoms. The van der Waals surface area contributed by atoms with E-state index < -0.39 is 15.9 Å². The Kier molecular flexibility index (Phi) is 6.48. The second-order valence-corrected chi connectivity index (χ2v) is 21.9. The van der Waals surface area contributed by atoms with Gasteiger partial charge in [0.2, 0.25) is 0 Å². The van der Waals surface area contributed by atoms with Gasteiger partial charge in [-0.15, -0.1) is 0 Å². The third-order valence-corrected chi connectivity index (χ3v) is 19.9. The van der Waals surface area contributed by atoms with Gasteiger partial charge in [-0.2, -0.15) is 0 Å². The van der Waals surface area contributed by atoms with Gasteiger partial charge in [-0.05, 0) is 40.5 Å². The first-order valence-corrected chi connectivity index (χ1v) is 15.4. The molecule has 0 atom stereocenters. The van der Waals surface area contributed by atoms with Crippen LogP contribution in [0.1, 0.15) is 40.5 Å². The van der Waals surface area contributed by atoms with Gasteiger partial charge in [-0.3, -0.25) is 4.90 Å². The summed E-state index contributed by atoms with van der Waals surface area (Å²) in [5.41, 5.74) is 1.60. The molecule has 0 saturated carbocycles. The summed E-state index contributed by atoms with van der Waals surface area (Å²) in [4.78, 5) is 2.60. The summed E-state index contributed by atoms with van der Waals surface area (Å²) in [7, 11) is -1.56. The standard InChI is InChI=1S/C17H35NSi2/c1-14(2)18(15(3)4)12-11-16-9-10-17(13-16)20(7,8)19(5)6/h9,13-15,19H,10-12H2,1-8H3.